The van der Waals surface area contributed by atoms with Crippen LogP contribution in [0.4, 0.5) is 14.6 Å². The zero-order chi connectivity index (χ0) is 18.5. The van der Waals surface area contributed by atoms with E-state index in [1.165, 1.54) is 12.4 Å². The maximum atomic E-state index is 12.4. The Morgan fingerprint density at radius 2 is 2.27 bits per heavy atom. The van der Waals surface area contributed by atoms with E-state index in [1.807, 2.05) is 6.07 Å². The van der Waals surface area contributed by atoms with Crippen molar-refractivity contribution in [3.8, 4) is 11.4 Å². The molecular weight excluding hydrogens is 342 g/mol. The summed E-state index contributed by atoms with van der Waals surface area (Å²) in [5.74, 6) is 1.44. The fourth-order valence-corrected chi connectivity index (χ4v) is 2.89. The number of anilines is 1. The number of halogens is 2. The van der Waals surface area contributed by atoms with Gasteiger partial charge >= 0.3 is 6.43 Å². The summed E-state index contributed by atoms with van der Waals surface area (Å²) >= 11 is 0. The lowest BCUT2D eigenvalue weighted by Gasteiger charge is -2.32. The molecule has 1 fully saturated rings. The number of aromatic amines is 1. The Balaban J connectivity index is 1.75. The number of nitrogens with zero attached hydrogens (tertiary/aromatic N) is 4. The van der Waals surface area contributed by atoms with Crippen LogP contribution >= 0.6 is 0 Å². The second-order valence-electron chi connectivity index (χ2n) is 6.21. The first-order valence-corrected chi connectivity index (χ1v) is 8.38. The summed E-state index contributed by atoms with van der Waals surface area (Å²) in [4.78, 5) is 17.8. The van der Waals surface area contributed by atoms with Crippen molar-refractivity contribution in [1.29, 1.82) is 0 Å². The molecule has 9 heteroatoms. The fraction of sp³-hybridized carbons (Fsp3) is 0.412. The lowest BCUT2D eigenvalue weighted by molar-refractivity contribution is -0.124. The van der Waals surface area contributed by atoms with Gasteiger partial charge in [0.05, 0.1) is 17.6 Å². The number of piperidine rings is 1. The molecule has 0 aromatic carbocycles. The third-order valence-electron chi connectivity index (χ3n) is 4.31. The van der Waals surface area contributed by atoms with E-state index >= 15 is 0 Å². The molecule has 0 unspecified atom stereocenters. The average Bonchev–Trinajstić information content (AvgIpc) is 3.15. The molecule has 2 aromatic rings. The third-order valence-corrected chi connectivity index (χ3v) is 4.31. The first kappa shape index (κ1) is 18.1. The molecule has 1 aliphatic rings. The lowest BCUT2D eigenvalue weighted by atomic mass is 9.99. The quantitative estimate of drug-likeness (QED) is 0.651. The van der Waals surface area contributed by atoms with Crippen molar-refractivity contribution >= 4 is 17.6 Å². The molecule has 0 spiro atoms. The summed E-state index contributed by atoms with van der Waals surface area (Å²) in [5, 5.41) is 14.6. The predicted molar refractivity (Wildman–Crippen MR) is 93.6 cm³/mol. The van der Waals surface area contributed by atoms with Gasteiger partial charge in [0.2, 0.25) is 5.71 Å². The molecule has 0 aliphatic carbocycles. The second-order valence-corrected chi connectivity index (χ2v) is 6.21. The molecule has 1 atom stereocenters. The van der Waals surface area contributed by atoms with Crippen molar-refractivity contribution in [2.75, 3.05) is 24.6 Å². The minimum atomic E-state index is -2.70. The third kappa shape index (κ3) is 4.29. The summed E-state index contributed by atoms with van der Waals surface area (Å²) in [6.45, 7) is 1.81. The molecule has 4 N–H and O–H groups in total. The Bertz CT molecular complexity index is 791. The van der Waals surface area contributed by atoms with Crippen molar-refractivity contribution in [3.63, 3.8) is 0 Å². The molecule has 0 radical (unpaired) electrons. The van der Waals surface area contributed by atoms with E-state index in [-0.39, 0.29) is 12.5 Å². The molecule has 1 saturated heterocycles. The van der Waals surface area contributed by atoms with Gasteiger partial charge in [-0.3, -0.25) is 5.41 Å². The smallest absolute Gasteiger partial charge is 0.320 e. The first-order valence-electron chi connectivity index (χ1n) is 8.38. The average molecular weight is 363 g/mol. The van der Waals surface area contributed by atoms with Crippen LogP contribution in [-0.2, 0) is 0 Å². The minimum Gasteiger partial charge on any atom is -0.396 e. The topological polar surface area (TPSA) is 104 Å². The monoisotopic (exact) mass is 363 g/mol. The Kier molecular flexibility index (Phi) is 5.67. The van der Waals surface area contributed by atoms with E-state index in [2.05, 4.69) is 24.8 Å². The highest BCUT2D eigenvalue weighted by molar-refractivity contribution is 5.95. The van der Waals surface area contributed by atoms with Crippen molar-refractivity contribution < 1.29 is 19.3 Å². The van der Waals surface area contributed by atoms with Gasteiger partial charge in [0, 0.05) is 31.8 Å². The number of H-pyrrole nitrogens is 1. The summed E-state index contributed by atoms with van der Waals surface area (Å²) in [5.41, 5.74) is 0.787. The molecule has 2 aromatic heterocycles. The highest BCUT2D eigenvalue weighted by Crippen LogP contribution is 2.24. The Hall–Kier alpha value is -2.68. The molecule has 138 valence electrons. The number of hydrogen-bond donors (Lipinski definition) is 3. The number of hydrogen-bond acceptors (Lipinski definition) is 5. The Morgan fingerprint density at radius 3 is 3.04 bits per heavy atom. The van der Waals surface area contributed by atoms with Crippen molar-refractivity contribution in [1.82, 2.24) is 19.9 Å². The van der Waals surface area contributed by atoms with Crippen LogP contribution in [-0.4, -0.2) is 56.9 Å². The van der Waals surface area contributed by atoms with Crippen molar-refractivity contribution in [2.24, 2.45) is 5.92 Å². The van der Waals surface area contributed by atoms with Gasteiger partial charge in [-0.15, -0.1) is 0 Å². The maximum absolute atomic E-state index is 12.4. The van der Waals surface area contributed by atoms with Crippen LogP contribution in [0.1, 0.15) is 18.7 Å². The van der Waals surface area contributed by atoms with E-state index in [0.29, 0.717) is 17.2 Å². The largest absolute Gasteiger partial charge is 0.396 e. The number of alkyl halides is 2. The number of aromatic nitrogens is 4. The van der Waals surface area contributed by atoms with Crippen LogP contribution in [0.2, 0.25) is 0 Å². The van der Waals surface area contributed by atoms with E-state index in [4.69, 9.17) is 5.41 Å². The van der Waals surface area contributed by atoms with E-state index in [0.717, 1.165) is 37.8 Å². The van der Waals surface area contributed by atoms with Gasteiger partial charge in [0.25, 0.3) is 0 Å². The number of aliphatic hydroxyl groups is 1. The summed E-state index contributed by atoms with van der Waals surface area (Å²) in [7, 11) is 0. The summed E-state index contributed by atoms with van der Waals surface area (Å²) in [6, 6.07) is 1.85. The van der Waals surface area contributed by atoms with Gasteiger partial charge in [-0.1, -0.05) is 0 Å². The van der Waals surface area contributed by atoms with Crippen molar-refractivity contribution in [2.45, 2.75) is 19.3 Å². The second kappa shape index (κ2) is 8.13. The molecule has 1 aliphatic heterocycles. The number of rotatable bonds is 6. The molecular formula is C17H21F2N6O+. The Labute approximate surface area is 149 Å². The SMILES string of the molecule is [NH2+]=C(/C=C\c1ncc(-c2cc(N3CCC[C@@H](CO)C3)ncn2)[nH]1)C(F)F. The normalized spacial score (nSPS) is 18.0. The molecule has 26 heavy (non-hydrogen) atoms. The molecule has 7 nitrogen and oxygen atoms in total. The van der Waals surface area contributed by atoms with Crippen LogP contribution < -0.4 is 10.3 Å². The maximum Gasteiger partial charge on any atom is 0.320 e. The van der Waals surface area contributed by atoms with Crippen molar-refractivity contribution in [3.05, 3.63) is 30.5 Å². The standard InChI is InChI=1S/C17H20F2N6O/c18-17(19)12(20)3-4-15-21-7-14(24-15)13-6-16(23-10-22-13)25-5-1-2-11(8-25)9-26/h3-4,6-7,10-11,17,20,26H,1-2,5,8-9H2,(H,21,24)/p+1/b4-3-,20-12?/t11-/m1/s1. The lowest BCUT2D eigenvalue weighted by Crippen LogP contribution is -2.42. The number of aliphatic hydroxyl groups excluding tert-OH is 1. The van der Waals surface area contributed by atoms with E-state index in [1.54, 1.807) is 6.20 Å². The minimum absolute atomic E-state index is 0.170. The molecule has 0 amide bonds. The van der Waals surface area contributed by atoms with Crippen LogP contribution in [0.15, 0.2) is 24.7 Å². The van der Waals surface area contributed by atoms with Gasteiger partial charge < -0.3 is 15.0 Å². The van der Waals surface area contributed by atoms with E-state index in [9.17, 15) is 13.9 Å². The molecule has 0 saturated carbocycles. The highest BCUT2D eigenvalue weighted by Gasteiger charge is 2.21. The fourth-order valence-electron chi connectivity index (χ4n) is 2.89. The zero-order valence-corrected chi connectivity index (χ0v) is 14.1. The van der Waals surface area contributed by atoms with Crippen LogP contribution in [0, 0.1) is 5.92 Å². The van der Waals surface area contributed by atoms with Gasteiger partial charge in [0.15, 0.2) is 0 Å². The van der Waals surface area contributed by atoms with Crippen LogP contribution in [0.25, 0.3) is 17.5 Å². The number of allylic oxidation sites excluding steroid dienone is 1. The molecule has 0 bridgehead atoms. The van der Waals surface area contributed by atoms with Crippen LogP contribution in [0.5, 0.6) is 0 Å². The molecule has 3 rings (SSSR count). The molecule has 3 heterocycles. The number of nitrogens with one attached hydrogen (secondary N) is 1. The van der Waals surface area contributed by atoms with Crippen LogP contribution in [0.3, 0.4) is 0 Å². The summed E-state index contributed by atoms with van der Waals surface area (Å²) < 4.78 is 24.8. The summed E-state index contributed by atoms with van der Waals surface area (Å²) in [6.07, 6.45) is 4.90. The zero-order valence-electron chi connectivity index (χ0n) is 14.1. The van der Waals surface area contributed by atoms with Gasteiger partial charge in [-0.05, 0) is 24.8 Å². The Morgan fingerprint density at radius 1 is 1.42 bits per heavy atom. The predicted octanol–water partition coefficient (Wildman–Crippen LogP) is 0.554. The van der Waals surface area contributed by atoms with Gasteiger partial charge in [-0.25, -0.2) is 15.0 Å². The highest BCUT2D eigenvalue weighted by atomic mass is 19.3. The number of imidazole rings is 1. The first-order chi connectivity index (χ1) is 12.6. The van der Waals surface area contributed by atoms with Gasteiger partial charge in [-0.2, -0.15) is 8.78 Å². The number of nitrogens with two attached hydrogens (primary N) is 1. The van der Waals surface area contributed by atoms with Gasteiger partial charge in [0.1, 0.15) is 18.0 Å². The van der Waals surface area contributed by atoms with E-state index < -0.39 is 12.1 Å².